The molecule has 0 saturated heterocycles. The smallest absolute Gasteiger partial charge is 0.407 e. The van der Waals surface area contributed by atoms with Crippen molar-refractivity contribution in [2.75, 3.05) is 6.61 Å². The highest BCUT2D eigenvalue weighted by molar-refractivity contribution is 5.82. The van der Waals surface area contributed by atoms with Gasteiger partial charge in [0.15, 0.2) is 0 Å². The van der Waals surface area contributed by atoms with E-state index in [2.05, 4.69) is 11.9 Å². The van der Waals surface area contributed by atoms with Gasteiger partial charge in [-0.15, -0.1) is 0 Å². The van der Waals surface area contributed by atoms with E-state index in [0.29, 0.717) is 12.3 Å². The Balaban J connectivity index is 1.64. The largest absolute Gasteiger partial charge is 0.481 e. The van der Waals surface area contributed by atoms with E-state index in [1.54, 1.807) is 0 Å². The Kier molecular flexibility index (Phi) is 2.03. The van der Waals surface area contributed by atoms with Gasteiger partial charge in [-0.2, -0.15) is 0 Å². The van der Waals surface area contributed by atoms with Crippen LogP contribution >= 0.6 is 0 Å². The molecule has 4 rings (SSSR count). The van der Waals surface area contributed by atoms with Gasteiger partial charge in [-0.3, -0.25) is 4.79 Å². The van der Waals surface area contributed by atoms with Gasteiger partial charge < -0.3 is 15.2 Å². The van der Waals surface area contributed by atoms with Gasteiger partial charge in [-0.05, 0) is 30.6 Å². The number of rotatable bonds is 4. The number of hydrogen-bond donors (Lipinski definition) is 2. The molecule has 17 heavy (non-hydrogen) atoms. The van der Waals surface area contributed by atoms with E-state index < -0.39 is 17.5 Å². The summed E-state index contributed by atoms with van der Waals surface area (Å²) < 4.78 is 4.86. The van der Waals surface area contributed by atoms with Crippen LogP contribution in [0.4, 0.5) is 4.79 Å². The van der Waals surface area contributed by atoms with Crippen molar-refractivity contribution in [2.24, 2.45) is 23.2 Å². The van der Waals surface area contributed by atoms with Crippen LogP contribution in [0.3, 0.4) is 0 Å². The van der Waals surface area contributed by atoms with Crippen LogP contribution in [0.5, 0.6) is 0 Å². The molecule has 0 aromatic carbocycles. The minimum Gasteiger partial charge on any atom is -0.481 e. The van der Waals surface area contributed by atoms with E-state index in [1.165, 1.54) is 6.08 Å². The predicted molar refractivity (Wildman–Crippen MR) is 58.2 cm³/mol. The molecule has 4 aliphatic rings. The Morgan fingerprint density at radius 1 is 1.59 bits per heavy atom. The molecule has 2 N–H and O–H groups in total. The third-order valence-electron chi connectivity index (χ3n) is 4.65. The maximum atomic E-state index is 11.4. The van der Waals surface area contributed by atoms with Gasteiger partial charge in [0.1, 0.15) is 6.61 Å². The molecule has 0 aliphatic heterocycles. The van der Waals surface area contributed by atoms with Gasteiger partial charge in [0, 0.05) is 6.04 Å². The Bertz CT molecular complexity index is 407. The Morgan fingerprint density at radius 2 is 2.35 bits per heavy atom. The second kappa shape index (κ2) is 3.24. The summed E-state index contributed by atoms with van der Waals surface area (Å²) in [6.07, 6.45) is 2.69. The molecule has 4 bridgehead atoms. The topological polar surface area (TPSA) is 75.6 Å². The number of aliphatic carboxylic acids is 1. The van der Waals surface area contributed by atoms with Crippen molar-refractivity contribution in [1.82, 2.24) is 5.32 Å². The first-order valence-electron chi connectivity index (χ1n) is 5.89. The van der Waals surface area contributed by atoms with Crippen molar-refractivity contribution in [3.8, 4) is 0 Å². The first-order valence-corrected chi connectivity index (χ1v) is 5.89. The molecule has 4 saturated carbocycles. The third kappa shape index (κ3) is 1.19. The SMILES string of the molecule is C=CCOC(=O)NC1C2CC3C1C3(C(=O)O)C2. The summed E-state index contributed by atoms with van der Waals surface area (Å²) in [5.74, 6) is 0.0205. The summed E-state index contributed by atoms with van der Waals surface area (Å²) in [4.78, 5) is 22.7. The van der Waals surface area contributed by atoms with Crippen molar-refractivity contribution in [1.29, 1.82) is 0 Å². The van der Waals surface area contributed by atoms with Crippen LogP contribution in [0, 0.1) is 23.2 Å². The first-order chi connectivity index (χ1) is 8.11. The summed E-state index contributed by atoms with van der Waals surface area (Å²) in [5, 5.41) is 12.1. The second-order valence-electron chi connectivity index (χ2n) is 5.23. The molecule has 0 aromatic rings. The normalized spacial score (nSPS) is 44.2. The molecule has 5 nitrogen and oxygen atoms in total. The number of alkyl carbamates (subject to hydrolysis) is 1. The van der Waals surface area contributed by atoms with Gasteiger partial charge in [-0.25, -0.2) is 4.79 Å². The van der Waals surface area contributed by atoms with Crippen LogP contribution < -0.4 is 5.32 Å². The maximum Gasteiger partial charge on any atom is 0.407 e. The van der Waals surface area contributed by atoms with Crippen LogP contribution in [0.2, 0.25) is 0 Å². The molecule has 5 atom stereocenters. The summed E-state index contributed by atoms with van der Waals surface area (Å²) in [6.45, 7) is 3.64. The number of carbonyl (C=O) groups is 2. The highest BCUT2D eigenvalue weighted by atomic mass is 16.5. The van der Waals surface area contributed by atoms with E-state index in [4.69, 9.17) is 4.74 Å². The molecule has 4 fully saturated rings. The highest BCUT2D eigenvalue weighted by Crippen LogP contribution is 2.79. The van der Waals surface area contributed by atoms with Crippen molar-refractivity contribution < 1.29 is 19.4 Å². The first kappa shape index (κ1) is 10.6. The molecule has 5 heteroatoms. The molecular weight excluding hydrogens is 222 g/mol. The van der Waals surface area contributed by atoms with Gasteiger partial charge in [0.2, 0.25) is 0 Å². The van der Waals surface area contributed by atoms with Crippen LogP contribution in [0.15, 0.2) is 12.7 Å². The molecule has 4 aliphatic carbocycles. The number of carbonyl (C=O) groups excluding carboxylic acids is 1. The standard InChI is InChI=1S/C12H15NO4/c1-2-3-17-11(16)13-9-6-4-7-8(9)12(7,5-6)10(14)15/h2,6-9H,1,3-5H2,(H,13,16)(H,14,15). The van der Waals surface area contributed by atoms with E-state index in [1.807, 2.05) is 0 Å². The minimum absolute atomic E-state index is 0.00610. The van der Waals surface area contributed by atoms with Gasteiger partial charge >= 0.3 is 12.1 Å². The number of hydrogen-bond acceptors (Lipinski definition) is 3. The summed E-state index contributed by atoms with van der Waals surface area (Å²) in [5.41, 5.74) is -0.527. The summed E-state index contributed by atoms with van der Waals surface area (Å²) in [7, 11) is 0. The van der Waals surface area contributed by atoms with Crippen LogP contribution in [-0.2, 0) is 9.53 Å². The second-order valence-corrected chi connectivity index (χ2v) is 5.23. The molecule has 0 aromatic heterocycles. The summed E-state index contributed by atoms with van der Waals surface area (Å²) >= 11 is 0. The van der Waals surface area contributed by atoms with E-state index in [9.17, 15) is 14.7 Å². The van der Waals surface area contributed by atoms with Crippen molar-refractivity contribution in [3.63, 3.8) is 0 Å². The molecular formula is C12H15NO4. The third-order valence-corrected chi connectivity index (χ3v) is 4.65. The molecule has 1 amide bonds. The van der Waals surface area contributed by atoms with E-state index >= 15 is 0 Å². The van der Waals surface area contributed by atoms with E-state index in [0.717, 1.165) is 6.42 Å². The lowest BCUT2D eigenvalue weighted by Gasteiger charge is -2.15. The van der Waals surface area contributed by atoms with Crippen LogP contribution in [0.25, 0.3) is 0 Å². The summed E-state index contributed by atoms with van der Waals surface area (Å²) in [6, 6.07) is -0.00610. The maximum absolute atomic E-state index is 11.4. The monoisotopic (exact) mass is 237 g/mol. The zero-order valence-electron chi connectivity index (χ0n) is 9.39. The Morgan fingerprint density at radius 3 is 2.88 bits per heavy atom. The lowest BCUT2D eigenvalue weighted by Crippen LogP contribution is -2.38. The van der Waals surface area contributed by atoms with E-state index in [-0.39, 0.29) is 24.5 Å². The van der Waals surface area contributed by atoms with Gasteiger partial charge in [0.25, 0.3) is 0 Å². The van der Waals surface area contributed by atoms with Crippen molar-refractivity contribution in [2.45, 2.75) is 18.9 Å². The quantitative estimate of drug-likeness (QED) is 0.715. The minimum atomic E-state index is -0.696. The average Bonchev–Trinajstić information content (AvgIpc) is 2.66. The average molecular weight is 237 g/mol. The van der Waals surface area contributed by atoms with Crippen molar-refractivity contribution in [3.05, 3.63) is 12.7 Å². The lowest BCUT2D eigenvalue weighted by molar-refractivity contribution is -0.143. The Labute approximate surface area is 98.8 Å². The molecule has 0 spiro atoms. The Hall–Kier alpha value is -1.52. The molecule has 92 valence electrons. The molecule has 0 radical (unpaired) electrons. The number of amides is 1. The van der Waals surface area contributed by atoms with Gasteiger partial charge in [0.05, 0.1) is 5.41 Å². The number of carboxylic acids is 1. The lowest BCUT2D eigenvalue weighted by atomic mass is 10.1. The molecule has 5 unspecified atom stereocenters. The van der Waals surface area contributed by atoms with Crippen LogP contribution in [0.1, 0.15) is 12.8 Å². The zero-order chi connectivity index (χ0) is 12.2. The number of carboxylic acid groups (broad SMARTS) is 1. The fourth-order valence-electron chi connectivity index (χ4n) is 4.08. The fourth-order valence-corrected chi connectivity index (χ4v) is 4.08. The number of nitrogens with one attached hydrogen (secondary N) is 1. The number of ether oxygens (including phenoxy) is 1. The van der Waals surface area contributed by atoms with Crippen molar-refractivity contribution >= 4 is 12.1 Å². The predicted octanol–water partition coefficient (Wildman–Crippen LogP) is 1.01. The fraction of sp³-hybridized carbons (Fsp3) is 0.667. The highest BCUT2D eigenvalue weighted by Gasteiger charge is 2.82. The zero-order valence-corrected chi connectivity index (χ0v) is 9.39. The van der Waals surface area contributed by atoms with Crippen LogP contribution in [-0.4, -0.2) is 29.8 Å². The molecule has 0 heterocycles. The van der Waals surface area contributed by atoms with Gasteiger partial charge in [-0.1, -0.05) is 12.7 Å².